The van der Waals surface area contributed by atoms with Gasteiger partial charge in [0.25, 0.3) is 0 Å². The van der Waals surface area contributed by atoms with E-state index in [2.05, 4.69) is 42.3 Å². The Balaban J connectivity index is 2.02. The van der Waals surface area contributed by atoms with Crippen molar-refractivity contribution in [1.82, 2.24) is 10.2 Å². The molecule has 0 aromatic heterocycles. The maximum absolute atomic E-state index is 5.30. The highest BCUT2D eigenvalue weighted by molar-refractivity contribution is 5.28. The van der Waals surface area contributed by atoms with Crippen molar-refractivity contribution in [3.8, 4) is 5.75 Å². The molecule has 1 heterocycles. The summed E-state index contributed by atoms with van der Waals surface area (Å²) in [5, 5.41) is 3.70. The molecule has 0 amide bonds. The number of piperazine rings is 1. The first-order valence-electron chi connectivity index (χ1n) is 7.31. The molecular formula is C16H26N2O. The average molecular weight is 262 g/mol. The van der Waals surface area contributed by atoms with E-state index in [9.17, 15) is 0 Å². The van der Waals surface area contributed by atoms with Gasteiger partial charge in [-0.05, 0) is 30.5 Å². The topological polar surface area (TPSA) is 24.5 Å². The lowest BCUT2D eigenvalue weighted by Gasteiger charge is -2.43. The van der Waals surface area contributed by atoms with Crippen LogP contribution in [0.25, 0.3) is 0 Å². The predicted molar refractivity (Wildman–Crippen MR) is 79.6 cm³/mol. The van der Waals surface area contributed by atoms with Crippen LogP contribution in [-0.4, -0.2) is 37.2 Å². The number of nitrogens with zero attached hydrogens (tertiary/aromatic N) is 1. The maximum Gasteiger partial charge on any atom is 0.119 e. The Labute approximate surface area is 116 Å². The minimum absolute atomic E-state index is 0.303. The van der Waals surface area contributed by atoms with Crippen LogP contribution in [0, 0.1) is 0 Å². The van der Waals surface area contributed by atoms with Crippen LogP contribution in [0.1, 0.15) is 32.3 Å². The Morgan fingerprint density at radius 3 is 2.79 bits per heavy atom. The molecule has 19 heavy (non-hydrogen) atoms. The molecule has 3 heteroatoms. The van der Waals surface area contributed by atoms with Crippen molar-refractivity contribution in [3.05, 3.63) is 29.8 Å². The van der Waals surface area contributed by atoms with Gasteiger partial charge >= 0.3 is 0 Å². The van der Waals surface area contributed by atoms with E-state index < -0.39 is 0 Å². The highest BCUT2D eigenvalue weighted by atomic mass is 16.5. The Hall–Kier alpha value is -1.06. The van der Waals surface area contributed by atoms with Crippen molar-refractivity contribution < 1.29 is 4.74 Å². The standard InChI is InChI=1S/C16H26N2O/c1-4-16(5-2)13-18(10-9-17-16)12-14-7-6-8-15(11-14)19-3/h6-8,11,17H,4-5,9-10,12-13H2,1-3H3. The van der Waals surface area contributed by atoms with Crippen LogP contribution in [0.5, 0.6) is 5.75 Å². The third-order valence-corrected chi connectivity index (χ3v) is 4.35. The molecular weight excluding hydrogens is 236 g/mol. The lowest BCUT2D eigenvalue weighted by Crippen LogP contribution is -2.59. The van der Waals surface area contributed by atoms with E-state index >= 15 is 0 Å². The normalized spacial score (nSPS) is 19.3. The number of hydrogen-bond acceptors (Lipinski definition) is 3. The summed E-state index contributed by atoms with van der Waals surface area (Å²) in [5.74, 6) is 0.949. The van der Waals surface area contributed by atoms with E-state index in [1.54, 1.807) is 7.11 Å². The Morgan fingerprint density at radius 1 is 1.32 bits per heavy atom. The zero-order chi connectivity index (χ0) is 13.7. The Bertz CT molecular complexity index is 401. The molecule has 0 radical (unpaired) electrons. The van der Waals surface area contributed by atoms with E-state index in [0.717, 1.165) is 31.9 Å². The maximum atomic E-state index is 5.30. The van der Waals surface area contributed by atoms with Gasteiger partial charge in [-0.15, -0.1) is 0 Å². The molecule has 0 spiro atoms. The van der Waals surface area contributed by atoms with E-state index in [4.69, 9.17) is 4.74 Å². The van der Waals surface area contributed by atoms with Gasteiger partial charge in [0.05, 0.1) is 7.11 Å². The summed E-state index contributed by atoms with van der Waals surface area (Å²) >= 11 is 0. The highest BCUT2D eigenvalue weighted by Gasteiger charge is 2.31. The molecule has 1 aromatic rings. The quantitative estimate of drug-likeness (QED) is 0.883. The number of benzene rings is 1. The Kier molecular flexibility index (Phi) is 4.83. The molecule has 1 aliphatic rings. The minimum Gasteiger partial charge on any atom is -0.497 e. The van der Waals surface area contributed by atoms with Gasteiger partial charge < -0.3 is 10.1 Å². The molecule has 1 fully saturated rings. The van der Waals surface area contributed by atoms with E-state index in [1.807, 2.05) is 6.07 Å². The van der Waals surface area contributed by atoms with Crippen LogP contribution >= 0.6 is 0 Å². The van der Waals surface area contributed by atoms with Crippen molar-refractivity contribution in [2.75, 3.05) is 26.7 Å². The number of methoxy groups -OCH3 is 1. The summed E-state index contributed by atoms with van der Waals surface area (Å²) < 4.78 is 5.30. The first kappa shape index (κ1) is 14.4. The van der Waals surface area contributed by atoms with Crippen LogP contribution in [0.4, 0.5) is 0 Å². The van der Waals surface area contributed by atoms with Crippen LogP contribution < -0.4 is 10.1 Å². The lowest BCUT2D eigenvalue weighted by molar-refractivity contribution is 0.118. The Morgan fingerprint density at radius 2 is 2.11 bits per heavy atom. The fourth-order valence-corrected chi connectivity index (χ4v) is 2.93. The molecule has 2 rings (SSSR count). The first-order chi connectivity index (χ1) is 9.21. The highest BCUT2D eigenvalue weighted by Crippen LogP contribution is 2.22. The second kappa shape index (κ2) is 6.40. The third-order valence-electron chi connectivity index (χ3n) is 4.35. The van der Waals surface area contributed by atoms with E-state index in [1.165, 1.54) is 18.4 Å². The minimum atomic E-state index is 0.303. The van der Waals surface area contributed by atoms with Crippen LogP contribution in [-0.2, 0) is 6.54 Å². The predicted octanol–water partition coefficient (Wildman–Crippen LogP) is 2.66. The molecule has 106 valence electrons. The van der Waals surface area contributed by atoms with Crippen LogP contribution in [0.15, 0.2) is 24.3 Å². The number of hydrogen-bond donors (Lipinski definition) is 1. The third kappa shape index (κ3) is 3.48. The van der Waals surface area contributed by atoms with Gasteiger partial charge in [0, 0.05) is 31.7 Å². The second-order valence-electron chi connectivity index (χ2n) is 5.48. The molecule has 1 aromatic carbocycles. The molecule has 0 bridgehead atoms. The number of ether oxygens (including phenoxy) is 1. The largest absolute Gasteiger partial charge is 0.497 e. The summed E-state index contributed by atoms with van der Waals surface area (Å²) in [6, 6.07) is 8.40. The number of rotatable bonds is 5. The van der Waals surface area contributed by atoms with Crippen molar-refractivity contribution >= 4 is 0 Å². The molecule has 1 aliphatic heterocycles. The lowest BCUT2D eigenvalue weighted by atomic mass is 9.90. The monoisotopic (exact) mass is 262 g/mol. The van der Waals surface area contributed by atoms with Gasteiger partial charge in [0.15, 0.2) is 0 Å². The summed E-state index contributed by atoms with van der Waals surface area (Å²) in [6.07, 6.45) is 2.39. The molecule has 0 saturated carbocycles. The first-order valence-corrected chi connectivity index (χ1v) is 7.31. The smallest absolute Gasteiger partial charge is 0.119 e. The van der Waals surface area contributed by atoms with Gasteiger partial charge in [0.2, 0.25) is 0 Å². The van der Waals surface area contributed by atoms with E-state index in [-0.39, 0.29) is 0 Å². The van der Waals surface area contributed by atoms with Crippen molar-refractivity contribution in [2.45, 2.75) is 38.8 Å². The van der Waals surface area contributed by atoms with Crippen molar-refractivity contribution in [3.63, 3.8) is 0 Å². The molecule has 1 saturated heterocycles. The van der Waals surface area contributed by atoms with Gasteiger partial charge in [-0.3, -0.25) is 4.90 Å². The SMILES string of the molecule is CCC1(CC)CN(Cc2cccc(OC)c2)CCN1. The molecule has 0 unspecified atom stereocenters. The number of nitrogens with one attached hydrogen (secondary N) is 1. The molecule has 1 N–H and O–H groups in total. The molecule has 3 nitrogen and oxygen atoms in total. The summed E-state index contributed by atoms with van der Waals surface area (Å²) in [5.41, 5.74) is 1.64. The zero-order valence-corrected chi connectivity index (χ0v) is 12.4. The molecule has 0 atom stereocenters. The van der Waals surface area contributed by atoms with Crippen molar-refractivity contribution in [2.24, 2.45) is 0 Å². The fourth-order valence-electron chi connectivity index (χ4n) is 2.93. The zero-order valence-electron chi connectivity index (χ0n) is 12.4. The fraction of sp³-hybridized carbons (Fsp3) is 0.625. The van der Waals surface area contributed by atoms with Gasteiger partial charge in [-0.2, -0.15) is 0 Å². The van der Waals surface area contributed by atoms with Crippen LogP contribution in [0.2, 0.25) is 0 Å². The molecule has 0 aliphatic carbocycles. The second-order valence-corrected chi connectivity index (χ2v) is 5.48. The van der Waals surface area contributed by atoms with Gasteiger partial charge in [0.1, 0.15) is 5.75 Å². The van der Waals surface area contributed by atoms with Crippen molar-refractivity contribution in [1.29, 1.82) is 0 Å². The van der Waals surface area contributed by atoms with Gasteiger partial charge in [-0.25, -0.2) is 0 Å². The van der Waals surface area contributed by atoms with Gasteiger partial charge in [-0.1, -0.05) is 26.0 Å². The summed E-state index contributed by atoms with van der Waals surface area (Å²) in [6.45, 7) is 8.93. The van der Waals surface area contributed by atoms with Crippen LogP contribution in [0.3, 0.4) is 0 Å². The summed E-state index contributed by atoms with van der Waals surface area (Å²) in [4.78, 5) is 2.55. The summed E-state index contributed by atoms with van der Waals surface area (Å²) in [7, 11) is 1.73. The van der Waals surface area contributed by atoms with E-state index in [0.29, 0.717) is 5.54 Å². The average Bonchev–Trinajstić information content (AvgIpc) is 2.47.